The largest absolute Gasteiger partial charge is 0.492 e. The van der Waals surface area contributed by atoms with Crippen molar-refractivity contribution in [1.82, 2.24) is 10.2 Å². The maximum atomic E-state index is 11.6. The third kappa shape index (κ3) is 7.33. The zero-order valence-corrected chi connectivity index (χ0v) is 12.9. The SMILES string of the molecule is CC(C)CNC(=O)CN(C)CCOc1cccc(C#N)c1. The Morgan fingerprint density at radius 3 is 2.90 bits per heavy atom. The second-order valence-corrected chi connectivity index (χ2v) is 5.42. The smallest absolute Gasteiger partial charge is 0.234 e. The lowest BCUT2D eigenvalue weighted by molar-refractivity contribution is -0.122. The van der Waals surface area contributed by atoms with Crippen molar-refractivity contribution >= 4 is 5.91 Å². The molecule has 0 heterocycles. The minimum Gasteiger partial charge on any atom is -0.492 e. The molecule has 0 aliphatic carbocycles. The first-order chi connectivity index (χ1) is 10.0. The van der Waals surface area contributed by atoms with E-state index in [2.05, 4.69) is 25.2 Å². The number of benzene rings is 1. The lowest BCUT2D eigenvalue weighted by Gasteiger charge is -2.17. The summed E-state index contributed by atoms with van der Waals surface area (Å²) < 4.78 is 5.57. The van der Waals surface area contributed by atoms with Crippen molar-refractivity contribution in [2.45, 2.75) is 13.8 Å². The van der Waals surface area contributed by atoms with E-state index >= 15 is 0 Å². The van der Waals surface area contributed by atoms with Crippen molar-refractivity contribution in [2.24, 2.45) is 5.92 Å². The molecular weight excluding hydrogens is 266 g/mol. The molecule has 0 unspecified atom stereocenters. The Bertz CT molecular complexity index is 495. The molecule has 0 saturated heterocycles. The molecule has 21 heavy (non-hydrogen) atoms. The Morgan fingerprint density at radius 1 is 1.48 bits per heavy atom. The standard InChI is InChI=1S/C16H23N3O2/c1-13(2)11-18-16(20)12-19(3)7-8-21-15-6-4-5-14(9-15)10-17/h4-6,9,13H,7-8,11-12H2,1-3H3,(H,18,20). The summed E-state index contributed by atoms with van der Waals surface area (Å²) in [6.45, 7) is 6.30. The van der Waals surface area contributed by atoms with Crippen molar-refractivity contribution in [3.8, 4) is 11.8 Å². The van der Waals surface area contributed by atoms with Gasteiger partial charge in [-0.15, -0.1) is 0 Å². The number of carbonyl (C=O) groups is 1. The van der Waals surface area contributed by atoms with Crippen LogP contribution in [0, 0.1) is 17.2 Å². The summed E-state index contributed by atoms with van der Waals surface area (Å²) >= 11 is 0. The number of rotatable bonds is 8. The van der Waals surface area contributed by atoms with Crippen LogP contribution in [0.5, 0.6) is 5.75 Å². The van der Waals surface area contributed by atoms with E-state index in [1.165, 1.54) is 0 Å². The van der Waals surface area contributed by atoms with Crippen molar-refractivity contribution in [3.63, 3.8) is 0 Å². The lowest BCUT2D eigenvalue weighted by atomic mass is 10.2. The Hall–Kier alpha value is -2.06. The first kappa shape index (κ1) is 17.0. The summed E-state index contributed by atoms with van der Waals surface area (Å²) in [4.78, 5) is 13.6. The Morgan fingerprint density at radius 2 is 2.24 bits per heavy atom. The molecule has 0 aliphatic rings. The van der Waals surface area contributed by atoms with Crippen LogP contribution >= 0.6 is 0 Å². The number of carbonyl (C=O) groups excluding carboxylic acids is 1. The van der Waals surface area contributed by atoms with Crippen LogP contribution in [0.3, 0.4) is 0 Å². The highest BCUT2D eigenvalue weighted by Gasteiger charge is 2.07. The van der Waals surface area contributed by atoms with Crippen molar-refractivity contribution in [3.05, 3.63) is 29.8 Å². The average Bonchev–Trinajstić information content (AvgIpc) is 2.45. The minimum atomic E-state index is 0.0256. The number of hydrogen-bond acceptors (Lipinski definition) is 4. The monoisotopic (exact) mass is 289 g/mol. The molecule has 0 radical (unpaired) electrons. The first-order valence-electron chi connectivity index (χ1n) is 7.09. The molecule has 0 saturated carbocycles. The van der Waals surface area contributed by atoms with Gasteiger partial charge in [-0.3, -0.25) is 9.69 Å². The molecule has 114 valence electrons. The van der Waals surface area contributed by atoms with E-state index in [4.69, 9.17) is 10.00 Å². The van der Waals surface area contributed by atoms with Gasteiger partial charge in [-0.05, 0) is 31.2 Å². The molecule has 1 aromatic carbocycles. The molecule has 0 spiro atoms. The van der Waals surface area contributed by atoms with Crippen molar-refractivity contribution < 1.29 is 9.53 Å². The third-order valence-corrected chi connectivity index (χ3v) is 2.83. The lowest BCUT2D eigenvalue weighted by Crippen LogP contribution is -2.38. The molecule has 0 bridgehead atoms. The zero-order chi connectivity index (χ0) is 15.7. The summed E-state index contributed by atoms with van der Waals surface area (Å²) in [6.07, 6.45) is 0. The van der Waals surface area contributed by atoms with E-state index in [9.17, 15) is 4.79 Å². The maximum Gasteiger partial charge on any atom is 0.234 e. The summed E-state index contributed by atoms with van der Waals surface area (Å²) in [7, 11) is 1.88. The normalized spacial score (nSPS) is 10.5. The number of nitrogens with zero attached hydrogens (tertiary/aromatic N) is 2. The Kier molecular flexibility index (Phi) is 7.27. The van der Waals surface area contributed by atoms with E-state index in [0.29, 0.717) is 43.5 Å². The summed E-state index contributed by atoms with van der Waals surface area (Å²) in [5.74, 6) is 1.15. The van der Waals surface area contributed by atoms with Gasteiger partial charge in [-0.25, -0.2) is 0 Å². The summed E-state index contributed by atoms with van der Waals surface area (Å²) in [5, 5.41) is 11.7. The second-order valence-electron chi connectivity index (χ2n) is 5.42. The molecule has 1 rings (SSSR count). The highest BCUT2D eigenvalue weighted by molar-refractivity contribution is 5.77. The van der Waals surface area contributed by atoms with Gasteiger partial charge in [0, 0.05) is 13.1 Å². The van der Waals surface area contributed by atoms with Gasteiger partial charge in [0.05, 0.1) is 18.2 Å². The molecule has 1 N–H and O–H groups in total. The second kappa shape index (κ2) is 8.98. The number of likely N-dealkylation sites (N-methyl/N-ethyl adjacent to an activating group) is 1. The van der Waals surface area contributed by atoms with Gasteiger partial charge in [0.2, 0.25) is 5.91 Å². The number of hydrogen-bond donors (Lipinski definition) is 1. The molecule has 5 heteroatoms. The molecular formula is C16H23N3O2. The number of amides is 1. The van der Waals surface area contributed by atoms with E-state index in [1.807, 2.05) is 18.0 Å². The molecule has 0 atom stereocenters. The minimum absolute atomic E-state index is 0.0256. The van der Waals surface area contributed by atoms with E-state index in [1.54, 1.807) is 18.2 Å². The average molecular weight is 289 g/mol. The van der Waals surface area contributed by atoms with Crippen molar-refractivity contribution in [1.29, 1.82) is 5.26 Å². The third-order valence-electron chi connectivity index (χ3n) is 2.83. The summed E-state index contributed by atoms with van der Waals surface area (Å²) in [5.41, 5.74) is 0.578. The quantitative estimate of drug-likeness (QED) is 0.790. The van der Waals surface area contributed by atoms with Crippen LogP contribution in [0.1, 0.15) is 19.4 Å². The molecule has 0 aliphatic heterocycles. The number of nitriles is 1. The highest BCUT2D eigenvalue weighted by atomic mass is 16.5. The van der Waals surface area contributed by atoms with Crippen LogP contribution in [0.4, 0.5) is 0 Å². The van der Waals surface area contributed by atoms with Gasteiger partial charge < -0.3 is 10.1 Å². The Balaban J connectivity index is 2.25. The van der Waals surface area contributed by atoms with Crippen LogP contribution in [0.25, 0.3) is 0 Å². The predicted octanol–water partition coefficient (Wildman–Crippen LogP) is 1.64. The van der Waals surface area contributed by atoms with E-state index in [-0.39, 0.29) is 5.91 Å². The zero-order valence-electron chi connectivity index (χ0n) is 12.9. The fourth-order valence-electron chi connectivity index (χ4n) is 1.67. The molecule has 1 amide bonds. The highest BCUT2D eigenvalue weighted by Crippen LogP contribution is 2.12. The van der Waals surface area contributed by atoms with Gasteiger partial charge >= 0.3 is 0 Å². The van der Waals surface area contributed by atoms with E-state index < -0.39 is 0 Å². The molecule has 0 aromatic heterocycles. The Labute approximate surface area is 126 Å². The topological polar surface area (TPSA) is 65.4 Å². The van der Waals surface area contributed by atoms with Crippen LogP contribution < -0.4 is 10.1 Å². The van der Waals surface area contributed by atoms with Gasteiger partial charge in [0.15, 0.2) is 0 Å². The van der Waals surface area contributed by atoms with Crippen molar-refractivity contribution in [2.75, 3.05) is 33.3 Å². The fraction of sp³-hybridized carbons (Fsp3) is 0.500. The van der Waals surface area contributed by atoms with Gasteiger partial charge in [0.1, 0.15) is 12.4 Å². The molecule has 5 nitrogen and oxygen atoms in total. The van der Waals surface area contributed by atoms with Gasteiger partial charge in [-0.2, -0.15) is 5.26 Å². The van der Waals surface area contributed by atoms with E-state index in [0.717, 1.165) is 0 Å². The molecule has 1 aromatic rings. The van der Waals surface area contributed by atoms with Gasteiger partial charge in [-0.1, -0.05) is 19.9 Å². The molecule has 0 fully saturated rings. The fourth-order valence-corrected chi connectivity index (χ4v) is 1.67. The first-order valence-corrected chi connectivity index (χ1v) is 7.09. The number of ether oxygens (including phenoxy) is 1. The maximum absolute atomic E-state index is 11.6. The van der Waals surface area contributed by atoms with Crippen LogP contribution in [-0.4, -0.2) is 44.1 Å². The predicted molar refractivity (Wildman–Crippen MR) is 82.0 cm³/mol. The summed E-state index contributed by atoms with van der Waals surface area (Å²) in [6, 6.07) is 9.11. The number of nitrogens with one attached hydrogen (secondary N) is 1. The van der Waals surface area contributed by atoms with Gasteiger partial charge in [0.25, 0.3) is 0 Å². The van der Waals surface area contributed by atoms with Crippen LogP contribution in [0.15, 0.2) is 24.3 Å². The van der Waals surface area contributed by atoms with Crippen LogP contribution in [0.2, 0.25) is 0 Å². The van der Waals surface area contributed by atoms with Crippen LogP contribution in [-0.2, 0) is 4.79 Å².